The Labute approximate surface area is 124 Å². The van der Waals surface area contributed by atoms with E-state index in [1.54, 1.807) is 11.1 Å². The van der Waals surface area contributed by atoms with Gasteiger partial charge in [0.1, 0.15) is 0 Å². The molecule has 1 aromatic carbocycles. The molecule has 0 amide bonds. The summed E-state index contributed by atoms with van der Waals surface area (Å²) in [6.07, 6.45) is 8.32. The molecule has 110 valence electrons. The summed E-state index contributed by atoms with van der Waals surface area (Å²) in [6.45, 7) is 5.82. The number of aryl methyl sites for hydroxylation is 1. The third-order valence-electron chi connectivity index (χ3n) is 5.77. The lowest BCUT2D eigenvalue weighted by molar-refractivity contribution is 0.311. The number of nitrogens with one attached hydrogen (secondary N) is 1. The second-order valence-electron chi connectivity index (χ2n) is 6.88. The first kappa shape index (κ1) is 14.1. The van der Waals surface area contributed by atoms with Crippen LogP contribution in [0.2, 0.25) is 0 Å². The lowest BCUT2D eigenvalue weighted by Crippen LogP contribution is -2.32. The van der Waals surface area contributed by atoms with Crippen LogP contribution in [0.15, 0.2) is 24.3 Å². The van der Waals surface area contributed by atoms with Gasteiger partial charge in [0.05, 0.1) is 0 Å². The number of benzene rings is 1. The molecule has 4 unspecified atom stereocenters. The van der Waals surface area contributed by atoms with E-state index in [-0.39, 0.29) is 0 Å². The SMILES string of the molecule is CCNC1CCC(CC2CCCc3ccccc32)C1C. The third-order valence-corrected chi connectivity index (χ3v) is 5.77. The Kier molecular flexibility index (Phi) is 4.45. The molecule has 1 nitrogen and oxygen atoms in total. The van der Waals surface area contributed by atoms with Crippen molar-refractivity contribution in [3.8, 4) is 0 Å². The molecule has 2 aliphatic rings. The van der Waals surface area contributed by atoms with Crippen LogP contribution in [-0.2, 0) is 6.42 Å². The van der Waals surface area contributed by atoms with Gasteiger partial charge in [-0.1, -0.05) is 38.1 Å². The third kappa shape index (κ3) is 2.79. The van der Waals surface area contributed by atoms with E-state index in [0.717, 1.165) is 30.3 Å². The van der Waals surface area contributed by atoms with Crippen molar-refractivity contribution in [2.75, 3.05) is 6.54 Å². The number of hydrogen-bond acceptors (Lipinski definition) is 1. The zero-order valence-corrected chi connectivity index (χ0v) is 13.1. The van der Waals surface area contributed by atoms with Gasteiger partial charge in [-0.15, -0.1) is 0 Å². The molecule has 0 radical (unpaired) electrons. The van der Waals surface area contributed by atoms with E-state index in [9.17, 15) is 0 Å². The van der Waals surface area contributed by atoms with Crippen LogP contribution in [0.25, 0.3) is 0 Å². The van der Waals surface area contributed by atoms with Crippen LogP contribution < -0.4 is 5.32 Å². The highest BCUT2D eigenvalue weighted by Gasteiger charge is 2.34. The molecule has 0 spiro atoms. The first-order valence-corrected chi connectivity index (χ1v) is 8.60. The maximum Gasteiger partial charge on any atom is 0.00953 e. The Morgan fingerprint density at radius 2 is 2.00 bits per heavy atom. The van der Waals surface area contributed by atoms with Gasteiger partial charge < -0.3 is 5.32 Å². The van der Waals surface area contributed by atoms with Crippen LogP contribution >= 0.6 is 0 Å². The maximum absolute atomic E-state index is 3.68. The summed E-state index contributed by atoms with van der Waals surface area (Å²) in [6, 6.07) is 9.95. The van der Waals surface area contributed by atoms with Gasteiger partial charge in [-0.05, 0) is 74.0 Å². The Hall–Kier alpha value is -0.820. The Balaban J connectivity index is 1.67. The van der Waals surface area contributed by atoms with E-state index in [1.165, 1.54) is 38.5 Å². The molecule has 4 atom stereocenters. The number of rotatable bonds is 4. The summed E-state index contributed by atoms with van der Waals surface area (Å²) in [5, 5.41) is 3.68. The fourth-order valence-corrected chi connectivity index (χ4v) is 4.60. The molecule has 1 fully saturated rings. The van der Waals surface area contributed by atoms with E-state index in [0.29, 0.717) is 0 Å². The molecule has 1 heteroatoms. The van der Waals surface area contributed by atoms with Crippen molar-refractivity contribution >= 4 is 0 Å². The van der Waals surface area contributed by atoms with Crippen molar-refractivity contribution in [2.24, 2.45) is 11.8 Å². The van der Waals surface area contributed by atoms with Crippen LogP contribution in [0.4, 0.5) is 0 Å². The van der Waals surface area contributed by atoms with Gasteiger partial charge in [0.25, 0.3) is 0 Å². The lowest BCUT2D eigenvalue weighted by atomic mass is 9.76. The average Bonchev–Trinajstić information content (AvgIpc) is 2.81. The van der Waals surface area contributed by atoms with Gasteiger partial charge in [-0.25, -0.2) is 0 Å². The number of fused-ring (bicyclic) bond motifs is 1. The van der Waals surface area contributed by atoms with Crippen molar-refractivity contribution in [1.82, 2.24) is 5.32 Å². The predicted molar refractivity (Wildman–Crippen MR) is 86.1 cm³/mol. The average molecular weight is 271 g/mol. The largest absolute Gasteiger partial charge is 0.314 e. The van der Waals surface area contributed by atoms with Crippen LogP contribution in [0.1, 0.15) is 63.0 Å². The topological polar surface area (TPSA) is 12.0 Å². The first-order valence-electron chi connectivity index (χ1n) is 8.60. The highest BCUT2D eigenvalue weighted by atomic mass is 14.9. The summed E-state index contributed by atoms with van der Waals surface area (Å²) in [5.74, 6) is 2.60. The van der Waals surface area contributed by atoms with Crippen molar-refractivity contribution in [3.05, 3.63) is 35.4 Å². The molecule has 0 bridgehead atoms. The van der Waals surface area contributed by atoms with Gasteiger partial charge in [-0.3, -0.25) is 0 Å². The summed E-state index contributed by atoms with van der Waals surface area (Å²) in [7, 11) is 0. The second kappa shape index (κ2) is 6.30. The van der Waals surface area contributed by atoms with Gasteiger partial charge >= 0.3 is 0 Å². The standard InChI is InChI=1S/C19H29N/c1-3-20-19-12-11-16(14(19)2)13-17-9-6-8-15-7-4-5-10-18(15)17/h4-5,7,10,14,16-17,19-20H,3,6,8-9,11-13H2,1-2H3. The Morgan fingerprint density at radius 3 is 2.85 bits per heavy atom. The van der Waals surface area contributed by atoms with Crippen LogP contribution in [0.3, 0.4) is 0 Å². The van der Waals surface area contributed by atoms with Crippen molar-refractivity contribution < 1.29 is 0 Å². The predicted octanol–water partition coefficient (Wildman–Crippen LogP) is 4.52. The molecule has 1 saturated carbocycles. The molecule has 0 aliphatic heterocycles. The minimum atomic E-state index is 0.767. The van der Waals surface area contributed by atoms with Crippen LogP contribution in [-0.4, -0.2) is 12.6 Å². The van der Waals surface area contributed by atoms with E-state index < -0.39 is 0 Å². The molecule has 1 N–H and O–H groups in total. The number of hydrogen-bond donors (Lipinski definition) is 1. The summed E-state index contributed by atoms with van der Waals surface area (Å²) >= 11 is 0. The van der Waals surface area contributed by atoms with Crippen molar-refractivity contribution in [1.29, 1.82) is 0 Å². The van der Waals surface area contributed by atoms with Gasteiger partial charge in [0.2, 0.25) is 0 Å². The maximum atomic E-state index is 3.68. The highest BCUT2D eigenvalue weighted by Crippen LogP contribution is 2.42. The molecular weight excluding hydrogens is 242 g/mol. The first-order chi connectivity index (χ1) is 9.79. The van der Waals surface area contributed by atoms with Crippen molar-refractivity contribution in [3.63, 3.8) is 0 Å². The summed E-state index contributed by atoms with van der Waals surface area (Å²) < 4.78 is 0. The van der Waals surface area contributed by atoms with E-state index in [1.807, 2.05) is 0 Å². The summed E-state index contributed by atoms with van der Waals surface area (Å²) in [5.41, 5.74) is 3.29. The fourth-order valence-electron chi connectivity index (χ4n) is 4.60. The van der Waals surface area contributed by atoms with Crippen LogP contribution in [0, 0.1) is 11.8 Å². The highest BCUT2D eigenvalue weighted by molar-refractivity contribution is 5.32. The monoisotopic (exact) mass is 271 g/mol. The molecular formula is C19H29N. The Bertz CT molecular complexity index is 439. The zero-order valence-electron chi connectivity index (χ0n) is 13.1. The zero-order chi connectivity index (χ0) is 13.9. The smallest absolute Gasteiger partial charge is 0.00953 e. The van der Waals surface area contributed by atoms with Crippen LogP contribution in [0.5, 0.6) is 0 Å². The molecule has 20 heavy (non-hydrogen) atoms. The van der Waals surface area contributed by atoms with E-state index >= 15 is 0 Å². The van der Waals surface area contributed by atoms with Gasteiger partial charge in [-0.2, -0.15) is 0 Å². The second-order valence-corrected chi connectivity index (χ2v) is 6.88. The Morgan fingerprint density at radius 1 is 1.15 bits per heavy atom. The lowest BCUT2D eigenvalue weighted by Gasteiger charge is -2.30. The van der Waals surface area contributed by atoms with Gasteiger partial charge in [0, 0.05) is 6.04 Å². The van der Waals surface area contributed by atoms with E-state index in [4.69, 9.17) is 0 Å². The molecule has 0 saturated heterocycles. The molecule has 0 aromatic heterocycles. The fraction of sp³-hybridized carbons (Fsp3) is 0.684. The molecule has 2 aliphatic carbocycles. The quantitative estimate of drug-likeness (QED) is 0.849. The molecule has 1 aromatic rings. The normalized spacial score (nSPS) is 33.1. The minimum absolute atomic E-state index is 0.767. The summed E-state index contributed by atoms with van der Waals surface area (Å²) in [4.78, 5) is 0. The van der Waals surface area contributed by atoms with Crippen molar-refractivity contribution in [2.45, 2.75) is 64.3 Å². The molecule has 0 heterocycles. The van der Waals surface area contributed by atoms with Gasteiger partial charge in [0.15, 0.2) is 0 Å². The van der Waals surface area contributed by atoms with E-state index in [2.05, 4.69) is 43.4 Å². The minimum Gasteiger partial charge on any atom is -0.314 e. The molecule has 3 rings (SSSR count).